The van der Waals surface area contributed by atoms with Crippen LogP contribution < -0.4 is 16.2 Å². The minimum atomic E-state index is -0.769. The van der Waals surface area contributed by atoms with Crippen molar-refractivity contribution in [2.45, 2.75) is 0 Å². The molecule has 5 N–H and O–H groups in total. The lowest BCUT2D eigenvalue weighted by molar-refractivity contribution is 0.100. The Bertz CT molecular complexity index is 1320. The molecule has 32 heavy (non-hydrogen) atoms. The molecule has 0 aliphatic heterocycles. The molecule has 8 heteroatoms. The zero-order valence-corrected chi connectivity index (χ0v) is 18.1. The smallest absolute Gasteiger partial charge is 0.253 e. The molecule has 0 fully saturated rings. The molecule has 0 atom stereocenters. The summed E-state index contributed by atoms with van der Waals surface area (Å²) < 4.78 is 5.79. The summed E-state index contributed by atoms with van der Waals surface area (Å²) in [5.74, 6) is 0.0120. The summed E-state index contributed by atoms with van der Waals surface area (Å²) >= 11 is 12.2. The van der Waals surface area contributed by atoms with Gasteiger partial charge in [-0.15, -0.1) is 0 Å². The number of rotatable bonds is 6. The Labute approximate surface area is 193 Å². The summed E-state index contributed by atoms with van der Waals surface area (Å²) in [5.41, 5.74) is 12.8. The number of hydrogen-bond acceptors (Lipinski definition) is 4. The Balaban J connectivity index is 1.72. The predicted octanol–water partition coefficient (Wildman–Crippen LogP) is 5.69. The number of anilines is 1. The molecular weight excluding hydrogens is 449 g/mol. The van der Waals surface area contributed by atoms with Crippen molar-refractivity contribution >= 4 is 40.6 Å². The van der Waals surface area contributed by atoms with E-state index in [0.717, 1.165) is 0 Å². The topological polar surface area (TPSA) is 111 Å². The van der Waals surface area contributed by atoms with E-state index in [2.05, 4.69) is 4.98 Å². The summed E-state index contributed by atoms with van der Waals surface area (Å²) in [6, 6.07) is 20.9. The predicted molar refractivity (Wildman–Crippen MR) is 126 cm³/mol. The van der Waals surface area contributed by atoms with Crippen LogP contribution in [0.1, 0.15) is 26.4 Å². The van der Waals surface area contributed by atoms with Crippen LogP contribution in [0.2, 0.25) is 10.0 Å². The fraction of sp³-hybridized carbons (Fsp3) is 0. The Morgan fingerprint density at radius 2 is 1.50 bits per heavy atom. The van der Waals surface area contributed by atoms with E-state index in [-0.39, 0.29) is 32.6 Å². The van der Waals surface area contributed by atoms with Crippen LogP contribution in [0.5, 0.6) is 11.5 Å². The molecule has 0 saturated heterocycles. The van der Waals surface area contributed by atoms with Gasteiger partial charge < -0.3 is 21.2 Å². The molecule has 0 aliphatic carbocycles. The molecule has 3 aromatic carbocycles. The molecule has 4 aromatic rings. The third-order valence-electron chi connectivity index (χ3n) is 4.83. The highest BCUT2D eigenvalue weighted by Crippen LogP contribution is 2.34. The van der Waals surface area contributed by atoms with Gasteiger partial charge in [-0.05, 0) is 54.1 Å². The van der Waals surface area contributed by atoms with Crippen molar-refractivity contribution in [3.8, 4) is 22.8 Å². The molecular formula is C24H17Cl2N3O3. The number of amides is 1. The van der Waals surface area contributed by atoms with E-state index in [1.165, 1.54) is 6.07 Å². The minimum absolute atomic E-state index is 0.00239. The van der Waals surface area contributed by atoms with Gasteiger partial charge in [0, 0.05) is 5.56 Å². The molecule has 0 unspecified atom stereocenters. The number of nitrogens with one attached hydrogen (secondary N) is 1. The SMILES string of the molecule is NC(=O)c1c(-c2ccc(Oc3ccccc3)cc2)[nH]c(C(=O)c2cccc(Cl)c2Cl)c1N. The zero-order chi connectivity index (χ0) is 22.8. The fourth-order valence-electron chi connectivity index (χ4n) is 3.29. The van der Waals surface area contributed by atoms with Gasteiger partial charge in [-0.2, -0.15) is 0 Å². The van der Waals surface area contributed by atoms with Crippen LogP contribution in [0.4, 0.5) is 5.69 Å². The maximum atomic E-state index is 13.1. The maximum Gasteiger partial charge on any atom is 0.253 e. The first-order valence-corrected chi connectivity index (χ1v) is 10.3. The lowest BCUT2D eigenvalue weighted by Crippen LogP contribution is -2.14. The van der Waals surface area contributed by atoms with Gasteiger partial charge in [-0.25, -0.2) is 0 Å². The number of carbonyl (C=O) groups is 2. The van der Waals surface area contributed by atoms with Gasteiger partial charge >= 0.3 is 0 Å². The molecule has 0 aliphatic rings. The number of carbonyl (C=O) groups excluding carboxylic acids is 2. The van der Waals surface area contributed by atoms with Gasteiger partial charge in [0.1, 0.15) is 17.2 Å². The number of primary amides is 1. The van der Waals surface area contributed by atoms with Crippen LogP contribution in [0, 0.1) is 0 Å². The summed E-state index contributed by atoms with van der Waals surface area (Å²) in [6.07, 6.45) is 0. The largest absolute Gasteiger partial charge is 0.457 e. The molecule has 4 rings (SSSR count). The Morgan fingerprint density at radius 3 is 2.16 bits per heavy atom. The number of ether oxygens (including phenoxy) is 1. The summed E-state index contributed by atoms with van der Waals surface area (Å²) in [7, 11) is 0. The Morgan fingerprint density at radius 1 is 0.844 bits per heavy atom. The van der Waals surface area contributed by atoms with Crippen molar-refractivity contribution in [1.29, 1.82) is 0 Å². The van der Waals surface area contributed by atoms with E-state index in [9.17, 15) is 9.59 Å². The first kappa shape index (κ1) is 21.5. The Hall–Kier alpha value is -3.74. The van der Waals surface area contributed by atoms with Crippen molar-refractivity contribution in [2.75, 3.05) is 5.73 Å². The number of para-hydroxylation sites is 1. The normalized spacial score (nSPS) is 10.7. The van der Waals surface area contributed by atoms with Crippen molar-refractivity contribution < 1.29 is 14.3 Å². The minimum Gasteiger partial charge on any atom is -0.457 e. The zero-order valence-electron chi connectivity index (χ0n) is 16.6. The molecule has 0 saturated carbocycles. The van der Waals surface area contributed by atoms with Gasteiger partial charge in [-0.3, -0.25) is 9.59 Å². The molecule has 0 radical (unpaired) electrons. The van der Waals surface area contributed by atoms with Gasteiger partial charge in [-0.1, -0.05) is 47.5 Å². The van der Waals surface area contributed by atoms with Crippen molar-refractivity contribution in [2.24, 2.45) is 5.73 Å². The van der Waals surface area contributed by atoms with Crippen molar-refractivity contribution in [3.63, 3.8) is 0 Å². The van der Waals surface area contributed by atoms with E-state index in [1.54, 1.807) is 36.4 Å². The monoisotopic (exact) mass is 465 g/mol. The number of benzene rings is 3. The molecule has 6 nitrogen and oxygen atoms in total. The number of H-pyrrole nitrogens is 1. The molecule has 0 spiro atoms. The number of aromatic nitrogens is 1. The van der Waals surface area contributed by atoms with E-state index in [0.29, 0.717) is 22.8 Å². The average Bonchev–Trinajstić information content (AvgIpc) is 3.14. The fourth-order valence-corrected chi connectivity index (χ4v) is 3.68. The summed E-state index contributed by atoms with van der Waals surface area (Å²) in [5, 5.41) is 0.324. The van der Waals surface area contributed by atoms with Crippen LogP contribution in [0.25, 0.3) is 11.3 Å². The van der Waals surface area contributed by atoms with Crippen LogP contribution in [0.15, 0.2) is 72.8 Å². The number of hydrogen-bond donors (Lipinski definition) is 3. The van der Waals surface area contributed by atoms with E-state index in [1.807, 2.05) is 30.3 Å². The quantitative estimate of drug-likeness (QED) is 0.317. The summed E-state index contributed by atoms with van der Waals surface area (Å²) in [4.78, 5) is 28.2. The van der Waals surface area contributed by atoms with Gasteiger partial charge in [0.15, 0.2) is 0 Å². The van der Waals surface area contributed by atoms with Crippen molar-refractivity contribution in [1.82, 2.24) is 4.98 Å². The molecule has 0 bridgehead atoms. The molecule has 1 amide bonds. The third kappa shape index (κ3) is 4.06. The maximum absolute atomic E-state index is 13.1. The first-order chi connectivity index (χ1) is 15.4. The standard InChI is InChI=1S/C24H17Cl2N3O3/c25-17-8-4-7-16(19(17)26)23(30)22-20(27)18(24(28)31)21(29-22)13-9-11-15(12-10-13)32-14-5-2-1-3-6-14/h1-12,29H,27H2,(H2,28,31). The number of halogens is 2. The highest BCUT2D eigenvalue weighted by molar-refractivity contribution is 6.44. The van der Waals surface area contributed by atoms with E-state index >= 15 is 0 Å². The molecule has 1 aromatic heterocycles. The first-order valence-electron chi connectivity index (χ1n) is 9.50. The average molecular weight is 466 g/mol. The second-order valence-corrected chi connectivity index (χ2v) is 7.68. The Kier molecular flexibility index (Phi) is 5.90. The number of nitrogen functional groups attached to an aromatic ring is 1. The van der Waals surface area contributed by atoms with Gasteiger partial charge in [0.05, 0.1) is 27.0 Å². The van der Waals surface area contributed by atoms with E-state index in [4.69, 9.17) is 39.4 Å². The third-order valence-corrected chi connectivity index (χ3v) is 5.65. The van der Waals surface area contributed by atoms with Crippen molar-refractivity contribution in [3.05, 3.63) is 99.7 Å². The number of nitrogens with two attached hydrogens (primary N) is 2. The second-order valence-electron chi connectivity index (χ2n) is 6.90. The van der Waals surface area contributed by atoms with Crippen LogP contribution >= 0.6 is 23.2 Å². The summed E-state index contributed by atoms with van der Waals surface area (Å²) in [6.45, 7) is 0. The van der Waals surface area contributed by atoms with E-state index < -0.39 is 11.7 Å². The highest BCUT2D eigenvalue weighted by atomic mass is 35.5. The van der Waals surface area contributed by atoms with Crippen LogP contribution in [-0.4, -0.2) is 16.7 Å². The lowest BCUT2D eigenvalue weighted by Gasteiger charge is -2.07. The number of aromatic amines is 1. The van der Waals surface area contributed by atoms with Crippen LogP contribution in [-0.2, 0) is 0 Å². The lowest BCUT2D eigenvalue weighted by atomic mass is 10.0. The van der Waals surface area contributed by atoms with Gasteiger partial charge in [0.25, 0.3) is 5.91 Å². The highest BCUT2D eigenvalue weighted by Gasteiger charge is 2.26. The second kappa shape index (κ2) is 8.78. The molecule has 160 valence electrons. The van der Waals surface area contributed by atoms with Gasteiger partial charge in [0.2, 0.25) is 5.78 Å². The number of ketones is 1. The van der Waals surface area contributed by atoms with Crippen LogP contribution in [0.3, 0.4) is 0 Å². The molecule has 1 heterocycles.